The first kappa shape index (κ1) is 15.4. The Kier molecular flexibility index (Phi) is 4.90. The van der Waals surface area contributed by atoms with Crippen molar-refractivity contribution in [2.24, 2.45) is 5.41 Å². The lowest BCUT2D eigenvalue weighted by molar-refractivity contribution is -0.151. The highest BCUT2D eigenvalue weighted by molar-refractivity contribution is 6.04. The van der Waals surface area contributed by atoms with E-state index >= 15 is 0 Å². The van der Waals surface area contributed by atoms with Crippen molar-refractivity contribution in [1.29, 1.82) is 0 Å². The van der Waals surface area contributed by atoms with E-state index in [1.165, 1.54) is 0 Å². The molecule has 21 heavy (non-hydrogen) atoms. The molecule has 0 bridgehead atoms. The standard InChI is InChI=1S/C15H21N3O3/c1-15(2,14(20)18-6-8-21-9-7-18)13(19)17-11-12-4-3-5-16-10-12/h3-5,10H,6-9,11H2,1-2H3,(H,17,19). The predicted octanol–water partition coefficient (Wildman–Crippen LogP) is 0.583. The molecule has 1 aromatic heterocycles. The Morgan fingerprint density at radius 3 is 2.71 bits per heavy atom. The molecule has 2 amide bonds. The molecule has 0 spiro atoms. The van der Waals surface area contributed by atoms with E-state index in [1.807, 2.05) is 12.1 Å². The molecule has 1 fully saturated rings. The minimum atomic E-state index is -1.08. The molecule has 0 atom stereocenters. The Bertz CT molecular complexity index is 496. The normalized spacial score (nSPS) is 15.6. The number of rotatable bonds is 4. The number of nitrogens with one attached hydrogen (secondary N) is 1. The molecule has 6 nitrogen and oxygen atoms in total. The summed E-state index contributed by atoms with van der Waals surface area (Å²) in [6.07, 6.45) is 3.37. The van der Waals surface area contributed by atoms with Gasteiger partial charge in [-0.15, -0.1) is 0 Å². The lowest BCUT2D eigenvalue weighted by atomic mass is 9.90. The number of carbonyl (C=O) groups excluding carboxylic acids is 2. The zero-order valence-corrected chi connectivity index (χ0v) is 12.5. The van der Waals surface area contributed by atoms with Gasteiger partial charge in [0.2, 0.25) is 11.8 Å². The highest BCUT2D eigenvalue weighted by Gasteiger charge is 2.39. The molecule has 114 valence electrons. The van der Waals surface area contributed by atoms with E-state index in [-0.39, 0.29) is 11.8 Å². The van der Waals surface area contributed by atoms with Crippen molar-refractivity contribution in [2.75, 3.05) is 26.3 Å². The van der Waals surface area contributed by atoms with Crippen LogP contribution in [0.2, 0.25) is 0 Å². The van der Waals surface area contributed by atoms with Gasteiger partial charge < -0.3 is 15.0 Å². The molecule has 0 saturated carbocycles. The third-order valence-corrected chi connectivity index (χ3v) is 3.58. The Morgan fingerprint density at radius 2 is 2.10 bits per heavy atom. The molecule has 1 aromatic rings. The molecular formula is C15H21N3O3. The van der Waals surface area contributed by atoms with Crippen LogP contribution in [0, 0.1) is 5.41 Å². The van der Waals surface area contributed by atoms with E-state index in [4.69, 9.17) is 4.74 Å². The third-order valence-electron chi connectivity index (χ3n) is 3.58. The van der Waals surface area contributed by atoms with Crippen molar-refractivity contribution in [2.45, 2.75) is 20.4 Å². The number of morpholine rings is 1. The van der Waals surface area contributed by atoms with Crippen LogP contribution in [-0.4, -0.2) is 48.0 Å². The Morgan fingerprint density at radius 1 is 1.38 bits per heavy atom. The lowest BCUT2D eigenvalue weighted by Crippen LogP contribution is -2.52. The van der Waals surface area contributed by atoms with Crippen LogP contribution in [0.25, 0.3) is 0 Å². The van der Waals surface area contributed by atoms with E-state index in [2.05, 4.69) is 10.3 Å². The molecule has 0 aromatic carbocycles. The van der Waals surface area contributed by atoms with Crippen molar-refractivity contribution in [3.63, 3.8) is 0 Å². The molecular weight excluding hydrogens is 270 g/mol. The van der Waals surface area contributed by atoms with Crippen molar-refractivity contribution in [1.82, 2.24) is 15.2 Å². The number of hydrogen-bond acceptors (Lipinski definition) is 4. The largest absolute Gasteiger partial charge is 0.378 e. The van der Waals surface area contributed by atoms with Crippen LogP contribution in [0.15, 0.2) is 24.5 Å². The van der Waals surface area contributed by atoms with Gasteiger partial charge in [0.1, 0.15) is 5.41 Å². The summed E-state index contributed by atoms with van der Waals surface area (Å²) in [7, 11) is 0. The monoisotopic (exact) mass is 291 g/mol. The van der Waals surface area contributed by atoms with Gasteiger partial charge in [0, 0.05) is 32.0 Å². The van der Waals surface area contributed by atoms with E-state index in [0.717, 1.165) is 5.56 Å². The van der Waals surface area contributed by atoms with Crippen LogP contribution in [0.4, 0.5) is 0 Å². The maximum Gasteiger partial charge on any atom is 0.237 e. The topological polar surface area (TPSA) is 71.5 Å². The zero-order chi connectivity index (χ0) is 15.3. The number of ether oxygens (including phenoxy) is 1. The van der Waals surface area contributed by atoms with Gasteiger partial charge in [-0.05, 0) is 25.5 Å². The first-order valence-corrected chi connectivity index (χ1v) is 7.06. The Hall–Kier alpha value is -1.95. The summed E-state index contributed by atoms with van der Waals surface area (Å²) in [5.74, 6) is -0.433. The number of pyridine rings is 1. The van der Waals surface area contributed by atoms with Crippen LogP contribution in [0.1, 0.15) is 19.4 Å². The smallest absolute Gasteiger partial charge is 0.237 e. The number of amides is 2. The van der Waals surface area contributed by atoms with Crippen LogP contribution in [0.3, 0.4) is 0 Å². The van der Waals surface area contributed by atoms with E-state index in [9.17, 15) is 9.59 Å². The summed E-state index contributed by atoms with van der Waals surface area (Å²) < 4.78 is 5.23. The molecule has 1 aliphatic heterocycles. The molecule has 6 heteroatoms. The van der Waals surface area contributed by atoms with Crippen LogP contribution in [-0.2, 0) is 20.9 Å². The van der Waals surface area contributed by atoms with Crippen LogP contribution < -0.4 is 5.32 Å². The predicted molar refractivity (Wildman–Crippen MR) is 77.3 cm³/mol. The summed E-state index contributed by atoms with van der Waals surface area (Å²) in [5, 5.41) is 2.80. The summed E-state index contributed by atoms with van der Waals surface area (Å²) in [6.45, 7) is 5.81. The maximum absolute atomic E-state index is 12.5. The van der Waals surface area contributed by atoms with Gasteiger partial charge in [0.25, 0.3) is 0 Å². The summed E-state index contributed by atoms with van der Waals surface area (Å²) in [6, 6.07) is 3.69. The second-order valence-corrected chi connectivity index (χ2v) is 5.57. The lowest BCUT2D eigenvalue weighted by Gasteiger charge is -2.33. The molecule has 1 saturated heterocycles. The molecule has 0 unspecified atom stereocenters. The second kappa shape index (κ2) is 6.67. The van der Waals surface area contributed by atoms with Crippen LogP contribution in [0.5, 0.6) is 0 Å². The average molecular weight is 291 g/mol. The van der Waals surface area contributed by atoms with Crippen molar-refractivity contribution < 1.29 is 14.3 Å². The SMILES string of the molecule is CC(C)(C(=O)NCc1cccnc1)C(=O)N1CCOCC1. The van der Waals surface area contributed by atoms with Gasteiger partial charge in [-0.1, -0.05) is 6.07 Å². The number of carbonyl (C=O) groups is 2. The van der Waals surface area contributed by atoms with Gasteiger partial charge in [0.05, 0.1) is 13.2 Å². The number of hydrogen-bond donors (Lipinski definition) is 1. The average Bonchev–Trinajstić information content (AvgIpc) is 2.53. The molecule has 1 N–H and O–H groups in total. The number of aromatic nitrogens is 1. The minimum absolute atomic E-state index is 0.158. The van der Waals surface area contributed by atoms with Gasteiger partial charge in [-0.2, -0.15) is 0 Å². The maximum atomic E-state index is 12.5. The summed E-state index contributed by atoms with van der Waals surface area (Å²) in [5.41, 5.74) is -0.181. The van der Waals surface area contributed by atoms with E-state index in [0.29, 0.717) is 32.8 Å². The van der Waals surface area contributed by atoms with Gasteiger partial charge in [0.15, 0.2) is 0 Å². The highest BCUT2D eigenvalue weighted by Crippen LogP contribution is 2.20. The molecule has 2 rings (SSSR count). The van der Waals surface area contributed by atoms with Crippen molar-refractivity contribution in [3.8, 4) is 0 Å². The third kappa shape index (κ3) is 3.78. The number of nitrogens with zero attached hydrogens (tertiary/aromatic N) is 2. The molecule has 0 radical (unpaired) electrons. The van der Waals surface area contributed by atoms with Gasteiger partial charge in [-0.3, -0.25) is 14.6 Å². The molecule has 2 heterocycles. The first-order valence-electron chi connectivity index (χ1n) is 7.06. The fourth-order valence-electron chi connectivity index (χ4n) is 2.16. The Labute approximate surface area is 124 Å². The van der Waals surface area contributed by atoms with Crippen molar-refractivity contribution in [3.05, 3.63) is 30.1 Å². The summed E-state index contributed by atoms with van der Waals surface area (Å²) in [4.78, 5) is 30.5. The van der Waals surface area contributed by atoms with E-state index < -0.39 is 5.41 Å². The first-order chi connectivity index (χ1) is 10.0. The Balaban J connectivity index is 1.94. The fourth-order valence-corrected chi connectivity index (χ4v) is 2.16. The highest BCUT2D eigenvalue weighted by atomic mass is 16.5. The van der Waals surface area contributed by atoms with Crippen molar-refractivity contribution >= 4 is 11.8 Å². The van der Waals surface area contributed by atoms with Gasteiger partial charge >= 0.3 is 0 Å². The van der Waals surface area contributed by atoms with E-state index in [1.54, 1.807) is 31.1 Å². The fraction of sp³-hybridized carbons (Fsp3) is 0.533. The van der Waals surface area contributed by atoms with Gasteiger partial charge in [-0.25, -0.2) is 0 Å². The zero-order valence-electron chi connectivity index (χ0n) is 12.5. The summed E-state index contributed by atoms with van der Waals surface area (Å²) >= 11 is 0. The van der Waals surface area contributed by atoms with Crippen LogP contribution >= 0.6 is 0 Å². The quantitative estimate of drug-likeness (QED) is 0.824. The minimum Gasteiger partial charge on any atom is -0.378 e. The molecule has 1 aliphatic rings. The molecule has 0 aliphatic carbocycles. The second-order valence-electron chi connectivity index (χ2n) is 5.57.